The molecule has 1 aromatic heterocycles. The van der Waals surface area contributed by atoms with Crippen LogP contribution in [0.4, 0.5) is 0 Å². The normalized spacial score (nSPS) is 13.2. The van der Waals surface area contributed by atoms with Crippen LogP contribution >= 0.6 is 0 Å². The van der Waals surface area contributed by atoms with E-state index >= 15 is 0 Å². The topological polar surface area (TPSA) is 53.1 Å². The molecule has 84 valence electrons. The number of rotatable bonds is 3. The van der Waals surface area contributed by atoms with E-state index in [4.69, 9.17) is 0 Å². The van der Waals surface area contributed by atoms with Crippen molar-refractivity contribution in [1.82, 2.24) is 4.98 Å². The third-order valence-electron chi connectivity index (χ3n) is 2.87. The van der Waals surface area contributed by atoms with E-state index in [0.29, 0.717) is 0 Å². The predicted molar refractivity (Wildman–Crippen MR) is 63.5 cm³/mol. The Kier molecular flexibility index (Phi) is 2.69. The van der Waals surface area contributed by atoms with Crippen LogP contribution < -0.4 is 0 Å². The first-order valence-corrected chi connectivity index (χ1v) is 5.39. The van der Waals surface area contributed by atoms with Crippen LogP contribution in [0.1, 0.15) is 25.3 Å². The van der Waals surface area contributed by atoms with E-state index < -0.39 is 11.9 Å². The van der Waals surface area contributed by atoms with Gasteiger partial charge in [-0.1, -0.05) is 26.0 Å². The molecule has 0 aliphatic carbocycles. The molecule has 0 saturated heterocycles. The van der Waals surface area contributed by atoms with E-state index in [0.717, 1.165) is 16.5 Å². The van der Waals surface area contributed by atoms with Crippen LogP contribution in [0.3, 0.4) is 0 Å². The SMILES string of the molecule is CC(C)C(C(=O)O)c1ccc2cc[nH]c2c1. The van der Waals surface area contributed by atoms with Crippen LogP contribution in [-0.2, 0) is 4.79 Å². The lowest BCUT2D eigenvalue weighted by atomic mass is 9.88. The first-order valence-electron chi connectivity index (χ1n) is 5.39. The Hall–Kier alpha value is -1.77. The van der Waals surface area contributed by atoms with Crippen molar-refractivity contribution in [3.8, 4) is 0 Å². The summed E-state index contributed by atoms with van der Waals surface area (Å²) in [6.45, 7) is 3.86. The van der Waals surface area contributed by atoms with Crippen molar-refractivity contribution in [1.29, 1.82) is 0 Å². The Morgan fingerprint density at radius 1 is 1.31 bits per heavy atom. The molecule has 1 aromatic carbocycles. The fourth-order valence-corrected chi connectivity index (χ4v) is 2.07. The Labute approximate surface area is 94.1 Å². The maximum absolute atomic E-state index is 11.2. The monoisotopic (exact) mass is 217 g/mol. The summed E-state index contributed by atoms with van der Waals surface area (Å²) < 4.78 is 0. The Balaban J connectivity index is 2.48. The number of nitrogens with one attached hydrogen (secondary N) is 1. The first-order chi connectivity index (χ1) is 7.59. The molecule has 1 heterocycles. The average molecular weight is 217 g/mol. The highest BCUT2D eigenvalue weighted by Crippen LogP contribution is 2.27. The summed E-state index contributed by atoms with van der Waals surface area (Å²) in [5.74, 6) is -1.11. The largest absolute Gasteiger partial charge is 0.481 e. The van der Waals surface area contributed by atoms with Crippen LogP contribution in [0.15, 0.2) is 30.5 Å². The Bertz CT molecular complexity index is 513. The first kappa shape index (κ1) is 10.7. The summed E-state index contributed by atoms with van der Waals surface area (Å²) in [7, 11) is 0. The second-order valence-electron chi connectivity index (χ2n) is 4.38. The number of carboxylic acids is 1. The number of aromatic nitrogens is 1. The van der Waals surface area contributed by atoms with Gasteiger partial charge in [0, 0.05) is 11.7 Å². The lowest BCUT2D eigenvalue weighted by molar-refractivity contribution is -0.139. The van der Waals surface area contributed by atoms with Gasteiger partial charge in [-0.3, -0.25) is 4.79 Å². The van der Waals surface area contributed by atoms with E-state index in [1.807, 2.05) is 44.3 Å². The van der Waals surface area contributed by atoms with E-state index in [1.54, 1.807) is 0 Å². The van der Waals surface area contributed by atoms with Crippen molar-refractivity contribution in [3.05, 3.63) is 36.0 Å². The number of carbonyl (C=O) groups is 1. The van der Waals surface area contributed by atoms with Gasteiger partial charge >= 0.3 is 5.97 Å². The van der Waals surface area contributed by atoms with Crippen molar-refractivity contribution >= 4 is 16.9 Å². The van der Waals surface area contributed by atoms with Gasteiger partial charge in [0.25, 0.3) is 0 Å². The van der Waals surface area contributed by atoms with Crippen molar-refractivity contribution < 1.29 is 9.90 Å². The van der Waals surface area contributed by atoms with E-state index in [1.165, 1.54) is 0 Å². The number of carboxylic acid groups (broad SMARTS) is 1. The van der Waals surface area contributed by atoms with Crippen LogP contribution in [0.2, 0.25) is 0 Å². The zero-order valence-corrected chi connectivity index (χ0v) is 9.40. The molecule has 0 amide bonds. The minimum absolute atomic E-state index is 0.0879. The maximum atomic E-state index is 11.2. The van der Waals surface area contributed by atoms with Crippen molar-refractivity contribution in [3.63, 3.8) is 0 Å². The number of fused-ring (bicyclic) bond motifs is 1. The van der Waals surface area contributed by atoms with E-state index in [2.05, 4.69) is 4.98 Å². The van der Waals surface area contributed by atoms with E-state index in [9.17, 15) is 9.90 Å². The number of hydrogen-bond donors (Lipinski definition) is 2. The zero-order chi connectivity index (χ0) is 11.7. The van der Waals surface area contributed by atoms with Crippen LogP contribution in [0.25, 0.3) is 10.9 Å². The summed E-state index contributed by atoms with van der Waals surface area (Å²) in [6, 6.07) is 7.76. The second-order valence-corrected chi connectivity index (χ2v) is 4.38. The average Bonchev–Trinajstić information content (AvgIpc) is 2.63. The molecular weight excluding hydrogens is 202 g/mol. The van der Waals surface area contributed by atoms with Crippen LogP contribution in [0.5, 0.6) is 0 Å². The summed E-state index contributed by atoms with van der Waals surface area (Å²) in [4.78, 5) is 14.3. The standard InChI is InChI=1S/C13H15NO2/c1-8(2)12(13(15)16)10-4-3-9-5-6-14-11(9)7-10/h3-8,12,14H,1-2H3,(H,15,16). The highest BCUT2D eigenvalue weighted by molar-refractivity contribution is 5.83. The minimum Gasteiger partial charge on any atom is -0.481 e. The lowest BCUT2D eigenvalue weighted by Crippen LogP contribution is -2.17. The highest BCUT2D eigenvalue weighted by Gasteiger charge is 2.23. The summed E-state index contributed by atoms with van der Waals surface area (Å²) >= 11 is 0. The second kappa shape index (κ2) is 4.00. The lowest BCUT2D eigenvalue weighted by Gasteiger charge is -2.16. The molecule has 2 rings (SSSR count). The molecule has 0 radical (unpaired) electrons. The van der Waals surface area contributed by atoms with Gasteiger partial charge < -0.3 is 10.1 Å². The number of H-pyrrole nitrogens is 1. The van der Waals surface area contributed by atoms with Gasteiger partial charge in [-0.2, -0.15) is 0 Å². The van der Waals surface area contributed by atoms with Gasteiger partial charge in [0.2, 0.25) is 0 Å². The smallest absolute Gasteiger partial charge is 0.311 e. The number of hydrogen-bond acceptors (Lipinski definition) is 1. The number of benzene rings is 1. The van der Waals surface area contributed by atoms with Crippen molar-refractivity contribution in [2.24, 2.45) is 5.92 Å². The predicted octanol–water partition coefficient (Wildman–Crippen LogP) is 2.99. The van der Waals surface area contributed by atoms with Crippen LogP contribution in [-0.4, -0.2) is 16.1 Å². The molecular formula is C13H15NO2. The Morgan fingerprint density at radius 3 is 2.69 bits per heavy atom. The number of aromatic amines is 1. The molecule has 0 fully saturated rings. The third kappa shape index (κ3) is 1.81. The molecule has 0 aliphatic heterocycles. The third-order valence-corrected chi connectivity index (χ3v) is 2.87. The molecule has 2 N–H and O–H groups in total. The molecule has 0 saturated carbocycles. The summed E-state index contributed by atoms with van der Waals surface area (Å²) in [6.07, 6.45) is 1.86. The molecule has 1 atom stereocenters. The molecule has 2 aromatic rings. The fraction of sp³-hybridized carbons (Fsp3) is 0.308. The van der Waals surface area contributed by atoms with Gasteiger partial charge in [-0.05, 0) is 29.0 Å². The van der Waals surface area contributed by atoms with Gasteiger partial charge in [0.15, 0.2) is 0 Å². The molecule has 16 heavy (non-hydrogen) atoms. The van der Waals surface area contributed by atoms with Gasteiger partial charge in [0.1, 0.15) is 0 Å². The molecule has 0 spiro atoms. The molecule has 1 unspecified atom stereocenters. The minimum atomic E-state index is -0.763. The Morgan fingerprint density at radius 2 is 2.06 bits per heavy atom. The summed E-state index contributed by atoms with van der Waals surface area (Å²) in [5, 5.41) is 10.3. The van der Waals surface area contributed by atoms with Gasteiger partial charge in [0.05, 0.1) is 5.92 Å². The highest BCUT2D eigenvalue weighted by atomic mass is 16.4. The molecule has 3 heteroatoms. The molecule has 0 aliphatic rings. The number of aliphatic carboxylic acids is 1. The van der Waals surface area contributed by atoms with Crippen molar-refractivity contribution in [2.45, 2.75) is 19.8 Å². The summed E-state index contributed by atoms with van der Waals surface area (Å²) in [5.41, 5.74) is 1.85. The fourth-order valence-electron chi connectivity index (χ4n) is 2.07. The zero-order valence-electron chi connectivity index (χ0n) is 9.40. The van der Waals surface area contributed by atoms with Gasteiger partial charge in [-0.15, -0.1) is 0 Å². The van der Waals surface area contributed by atoms with Gasteiger partial charge in [-0.25, -0.2) is 0 Å². The maximum Gasteiger partial charge on any atom is 0.311 e. The molecule has 0 bridgehead atoms. The van der Waals surface area contributed by atoms with Crippen molar-refractivity contribution in [2.75, 3.05) is 0 Å². The van der Waals surface area contributed by atoms with Crippen LogP contribution in [0, 0.1) is 5.92 Å². The molecule has 3 nitrogen and oxygen atoms in total. The quantitative estimate of drug-likeness (QED) is 0.830. The van der Waals surface area contributed by atoms with E-state index in [-0.39, 0.29) is 5.92 Å².